The van der Waals surface area contributed by atoms with E-state index in [1.54, 1.807) is 0 Å². The minimum atomic E-state index is 0.454. The summed E-state index contributed by atoms with van der Waals surface area (Å²) in [6.45, 7) is 12.4. The predicted molar refractivity (Wildman–Crippen MR) is 74.0 cm³/mol. The van der Waals surface area contributed by atoms with Crippen LogP contribution in [0.4, 0.5) is 0 Å². The largest absolute Gasteiger partial charge is 0.309 e. The lowest BCUT2D eigenvalue weighted by Crippen LogP contribution is -2.26. The number of aryl methyl sites for hydroxylation is 1. The van der Waals surface area contributed by atoms with Crippen LogP contribution in [0.5, 0.6) is 0 Å². The van der Waals surface area contributed by atoms with Crippen molar-refractivity contribution in [2.75, 3.05) is 0 Å². The van der Waals surface area contributed by atoms with Crippen LogP contribution in [0.2, 0.25) is 0 Å². The Kier molecular flexibility index (Phi) is 5.00. The maximum absolute atomic E-state index is 3.60. The summed E-state index contributed by atoms with van der Waals surface area (Å²) < 4.78 is 0. The SMILES string of the molecule is Cc1ccc(CNC(C)CCC(C)(C)C)s1. The van der Waals surface area contributed by atoms with Crippen LogP contribution in [-0.2, 0) is 6.54 Å². The van der Waals surface area contributed by atoms with Crippen LogP contribution in [0.1, 0.15) is 50.3 Å². The summed E-state index contributed by atoms with van der Waals surface area (Å²) in [7, 11) is 0. The van der Waals surface area contributed by atoms with E-state index < -0.39 is 0 Å². The van der Waals surface area contributed by atoms with Crippen molar-refractivity contribution in [2.45, 2.75) is 60.0 Å². The molecule has 1 rings (SSSR count). The zero-order valence-electron chi connectivity index (χ0n) is 11.3. The maximum atomic E-state index is 3.60. The number of rotatable bonds is 5. The highest BCUT2D eigenvalue weighted by atomic mass is 32.1. The molecule has 1 aromatic rings. The molecule has 0 amide bonds. The van der Waals surface area contributed by atoms with Crippen molar-refractivity contribution in [2.24, 2.45) is 5.41 Å². The zero-order valence-corrected chi connectivity index (χ0v) is 12.1. The minimum Gasteiger partial charge on any atom is -0.309 e. The molecule has 1 unspecified atom stereocenters. The molecule has 1 nitrogen and oxygen atoms in total. The van der Waals surface area contributed by atoms with Crippen LogP contribution in [0.15, 0.2) is 12.1 Å². The van der Waals surface area contributed by atoms with E-state index >= 15 is 0 Å². The van der Waals surface area contributed by atoms with Crippen LogP contribution < -0.4 is 5.32 Å². The van der Waals surface area contributed by atoms with Gasteiger partial charge in [0.25, 0.3) is 0 Å². The molecule has 1 heterocycles. The van der Waals surface area contributed by atoms with Gasteiger partial charge in [0.1, 0.15) is 0 Å². The van der Waals surface area contributed by atoms with Crippen molar-refractivity contribution in [3.63, 3.8) is 0 Å². The first kappa shape index (κ1) is 13.7. The van der Waals surface area contributed by atoms with E-state index in [-0.39, 0.29) is 0 Å². The average molecular weight is 239 g/mol. The van der Waals surface area contributed by atoms with Gasteiger partial charge in [-0.25, -0.2) is 0 Å². The average Bonchev–Trinajstić information content (AvgIpc) is 2.57. The summed E-state index contributed by atoms with van der Waals surface area (Å²) in [4.78, 5) is 2.85. The topological polar surface area (TPSA) is 12.0 Å². The van der Waals surface area contributed by atoms with E-state index in [4.69, 9.17) is 0 Å². The molecule has 1 atom stereocenters. The molecule has 0 aliphatic heterocycles. The summed E-state index contributed by atoms with van der Waals surface area (Å²) in [5.41, 5.74) is 0.454. The van der Waals surface area contributed by atoms with Gasteiger partial charge in [0, 0.05) is 22.3 Å². The van der Waals surface area contributed by atoms with Gasteiger partial charge in [-0.3, -0.25) is 0 Å². The smallest absolute Gasteiger partial charge is 0.0302 e. The van der Waals surface area contributed by atoms with Gasteiger partial charge in [-0.05, 0) is 44.2 Å². The van der Waals surface area contributed by atoms with Crippen molar-refractivity contribution in [3.05, 3.63) is 21.9 Å². The third-order valence-electron chi connectivity index (χ3n) is 2.75. The molecule has 16 heavy (non-hydrogen) atoms. The molecule has 0 saturated heterocycles. The molecule has 1 aromatic heterocycles. The molecule has 0 aliphatic carbocycles. The van der Waals surface area contributed by atoms with Crippen LogP contribution in [0, 0.1) is 12.3 Å². The molecule has 0 fully saturated rings. The Balaban J connectivity index is 2.22. The lowest BCUT2D eigenvalue weighted by Gasteiger charge is -2.21. The van der Waals surface area contributed by atoms with Gasteiger partial charge in [-0.15, -0.1) is 11.3 Å². The molecular formula is C14H25NS. The van der Waals surface area contributed by atoms with E-state index in [1.165, 1.54) is 22.6 Å². The van der Waals surface area contributed by atoms with Crippen molar-refractivity contribution in [1.29, 1.82) is 0 Å². The minimum absolute atomic E-state index is 0.454. The number of nitrogens with one attached hydrogen (secondary N) is 1. The van der Waals surface area contributed by atoms with Crippen LogP contribution in [0.25, 0.3) is 0 Å². The Morgan fingerprint density at radius 3 is 2.50 bits per heavy atom. The summed E-state index contributed by atoms with van der Waals surface area (Å²) in [5.74, 6) is 0. The molecule has 0 bridgehead atoms. The molecule has 0 aromatic carbocycles. The Morgan fingerprint density at radius 1 is 1.31 bits per heavy atom. The summed E-state index contributed by atoms with van der Waals surface area (Å²) >= 11 is 1.89. The molecule has 0 spiro atoms. The van der Waals surface area contributed by atoms with Gasteiger partial charge in [0.15, 0.2) is 0 Å². The van der Waals surface area contributed by atoms with Crippen LogP contribution in [-0.4, -0.2) is 6.04 Å². The van der Waals surface area contributed by atoms with Gasteiger partial charge in [0.05, 0.1) is 0 Å². The Hall–Kier alpha value is -0.340. The molecule has 0 saturated carbocycles. The van der Waals surface area contributed by atoms with Crippen LogP contribution >= 0.6 is 11.3 Å². The lowest BCUT2D eigenvalue weighted by molar-refractivity contribution is 0.336. The fourth-order valence-corrected chi connectivity index (χ4v) is 2.45. The Labute approximate surface area is 104 Å². The number of thiophene rings is 1. The molecule has 0 radical (unpaired) electrons. The molecule has 92 valence electrons. The van der Waals surface area contributed by atoms with E-state index in [0.717, 1.165) is 6.54 Å². The van der Waals surface area contributed by atoms with Gasteiger partial charge in [-0.2, -0.15) is 0 Å². The maximum Gasteiger partial charge on any atom is 0.0302 e. The number of hydrogen-bond donors (Lipinski definition) is 1. The zero-order chi connectivity index (χ0) is 12.2. The predicted octanol–water partition coefficient (Wildman–Crippen LogP) is 4.36. The van der Waals surface area contributed by atoms with Crippen molar-refractivity contribution in [3.8, 4) is 0 Å². The number of hydrogen-bond acceptors (Lipinski definition) is 2. The fourth-order valence-electron chi connectivity index (χ4n) is 1.61. The van der Waals surface area contributed by atoms with E-state index in [2.05, 4.69) is 52.1 Å². The highest BCUT2D eigenvalue weighted by Crippen LogP contribution is 2.21. The van der Waals surface area contributed by atoms with E-state index in [9.17, 15) is 0 Å². The van der Waals surface area contributed by atoms with Gasteiger partial charge >= 0.3 is 0 Å². The Bertz CT molecular complexity index is 309. The van der Waals surface area contributed by atoms with Gasteiger partial charge in [0.2, 0.25) is 0 Å². The summed E-state index contributed by atoms with van der Waals surface area (Å²) in [6.07, 6.45) is 2.54. The Morgan fingerprint density at radius 2 is 2.00 bits per heavy atom. The first-order chi connectivity index (χ1) is 7.37. The second-order valence-corrected chi connectivity index (χ2v) is 7.27. The van der Waals surface area contributed by atoms with E-state index in [1.807, 2.05) is 11.3 Å². The third kappa shape index (κ3) is 5.66. The monoisotopic (exact) mass is 239 g/mol. The molecule has 1 N–H and O–H groups in total. The van der Waals surface area contributed by atoms with Crippen molar-refractivity contribution >= 4 is 11.3 Å². The summed E-state index contributed by atoms with van der Waals surface area (Å²) in [5, 5.41) is 3.60. The van der Waals surface area contributed by atoms with Crippen molar-refractivity contribution < 1.29 is 0 Å². The third-order valence-corrected chi connectivity index (χ3v) is 3.75. The lowest BCUT2D eigenvalue weighted by atomic mass is 9.89. The fraction of sp³-hybridized carbons (Fsp3) is 0.714. The second-order valence-electron chi connectivity index (χ2n) is 5.89. The first-order valence-corrected chi connectivity index (χ1v) is 6.97. The highest BCUT2D eigenvalue weighted by Gasteiger charge is 2.12. The highest BCUT2D eigenvalue weighted by molar-refractivity contribution is 7.11. The quantitative estimate of drug-likeness (QED) is 0.805. The van der Waals surface area contributed by atoms with Gasteiger partial charge < -0.3 is 5.32 Å². The molecule has 0 aliphatic rings. The summed E-state index contributed by atoms with van der Waals surface area (Å²) in [6, 6.07) is 5.03. The van der Waals surface area contributed by atoms with Crippen LogP contribution in [0.3, 0.4) is 0 Å². The molecular weight excluding hydrogens is 214 g/mol. The second kappa shape index (κ2) is 5.83. The van der Waals surface area contributed by atoms with Crippen molar-refractivity contribution in [1.82, 2.24) is 5.32 Å². The first-order valence-electron chi connectivity index (χ1n) is 6.15. The van der Waals surface area contributed by atoms with Gasteiger partial charge in [-0.1, -0.05) is 20.8 Å². The normalized spacial score (nSPS) is 14.1. The van der Waals surface area contributed by atoms with E-state index in [0.29, 0.717) is 11.5 Å². The standard InChI is InChI=1S/C14H25NS/c1-11(8-9-14(3,4)5)15-10-13-7-6-12(2)16-13/h6-7,11,15H,8-10H2,1-5H3. The molecule has 2 heteroatoms.